The van der Waals surface area contributed by atoms with Crippen LogP contribution in [0.25, 0.3) is 0 Å². The summed E-state index contributed by atoms with van der Waals surface area (Å²) in [7, 11) is 0. The minimum absolute atomic E-state index is 0.218. The van der Waals surface area contributed by atoms with Gasteiger partial charge in [-0.2, -0.15) is 0 Å². The predicted octanol–water partition coefficient (Wildman–Crippen LogP) is 3.28. The second kappa shape index (κ2) is 7.36. The third-order valence-electron chi connectivity index (χ3n) is 3.21. The summed E-state index contributed by atoms with van der Waals surface area (Å²) < 4.78 is 5.41. The van der Waals surface area contributed by atoms with E-state index in [0.29, 0.717) is 23.2 Å². The molecule has 0 unspecified atom stereocenters. The molecule has 0 radical (unpaired) electrons. The molecule has 19 heavy (non-hydrogen) atoms. The van der Waals surface area contributed by atoms with Crippen LogP contribution in [0, 0.1) is 5.92 Å². The molecule has 2 amide bonds. The molecule has 0 aliphatic carbocycles. The molecule has 1 aromatic rings. The predicted molar refractivity (Wildman–Crippen MR) is 76.6 cm³/mol. The second-order valence-corrected chi connectivity index (χ2v) is 5.14. The quantitative estimate of drug-likeness (QED) is 0.890. The summed E-state index contributed by atoms with van der Waals surface area (Å²) in [5.74, 6) is 0.564. The Kier molecular flexibility index (Phi) is 5.48. The molecular weight excluding hydrogens is 264 g/mol. The van der Waals surface area contributed by atoms with Crippen molar-refractivity contribution in [2.24, 2.45) is 5.92 Å². The van der Waals surface area contributed by atoms with Gasteiger partial charge in [-0.05, 0) is 37.3 Å². The van der Waals surface area contributed by atoms with Gasteiger partial charge in [-0.25, -0.2) is 4.79 Å². The van der Waals surface area contributed by atoms with Crippen LogP contribution in [0.5, 0.6) is 0 Å². The Bertz CT molecular complexity index is 420. The van der Waals surface area contributed by atoms with E-state index in [-0.39, 0.29) is 6.03 Å². The maximum atomic E-state index is 11.7. The van der Waals surface area contributed by atoms with Crippen molar-refractivity contribution in [3.05, 3.63) is 29.3 Å². The number of anilines is 1. The number of halogens is 1. The molecule has 0 saturated carbocycles. The lowest BCUT2D eigenvalue weighted by atomic mass is 9.99. The van der Waals surface area contributed by atoms with Crippen molar-refractivity contribution in [3.63, 3.8) is 0 Å². The van der Waals surface area contributed by atoms with E-state index in [1.54, 1.807) is 12.1 Å². The largest absolute Gasteiger partial charge is 0.381 e. The van der Waals surface area contributed by atoms with Gasteiger partial charge in [-0.15, -0.1) is 0 Å². The minimum Gasteiger partial charge on any atom is -0.381 e. The molecule has 2 rings (SSSR count). The van der Waals surface area contributed by atoms with Gasteiger partial charge in [0.05, 0.1) is 10.7 Å². The second-order valence-electron chi connectivity index (χ2n) is 4.73. The monoisotopic (exact) mass is 282 g/mol. The van der Waals surface area contributed by atoms with Gasteiger partial charge in [0.2, 0.25) is 0 Å². The number of rotatable bonds is 4. The molecule has 1 aromatic carbocycles. The van der Waals surface area contributed by atoms with Crippen LogP contribution in [0.3, 0.4) is 0 Å². The Morgan fingerprint density at radius 1 is 1.42 bits per heavy atom. The van der Waals surface area contributed by atoms with Crippen LogP contribution in [-0.4, -0.2) is 25.8 Å². The van der Waals surface area contributed by atoms with Gasteiger partial charge in [-0.3, -0.25) is 0 Å². The molecule has 2 N–H and O–H groups in total. The molecule has 1 heterocycles. The Morgan fingerprint density at radius 2 is 2.26 bits per heavy atom. The highest BCUT2D eigenvalue weighted by atomic mass is 35.5. The van der Waals surface area contributed by atoms with Gasteiger partial charge in [0.25, 0.3) is 0 Å². The van der Waals surface area contributed by atoms with Gasteiger partial charge in [0.15, 0.2) is 0 Å². The lowest BCUT2D eigenvalue weighted by molar-refractivity contribution is 0.0520. The van der Waals surface area contributed by atoms with Crippen LogP contribution >= 0.6 is 11.6 Å². The van der Waals surface area contributed by atoms with E-state index in [1.807, 2.05) is 12.1 Å². The van der Waals surface area contributed by atoms with Gasteiger partial charge >= 0.3 is 6.03 Å². The van der Waals surface area contributed by atoms with Gasteiger partial charge in [0.1, 0.15) is 0 Å². The van der Waals surface area contributed by atoms with E-state index in [4.69, 9.17) is 16.3 Å². The zero-order chi connectivity index (χ0) is 13.5. The molecule has 1 atom stereocenters. The maximum Gasteiger partial charge on any atom is 0.319 e. The fourth-order valence-electron chi connectivity index (χ4n) is 2.15. The lowest BCUT2D eigenvalue weighted by Crippen LogP contribution is -2.31. The molecule has 0 bridgehead atoms. The zero-order valence-electron chi connectivity index (χ0n) is 10.8. The van der Waals surface area contributed by atoms with Crippen molar-refractivity contribution >= 4 is 23.3 Å². The molecule has 4 nitrogen and oxygen atoms in total. The molecule has 104 valence electrons. The van der Waals surface area contributed by atoms with Crippen LogP contribution in [-0.2, 0) is 4.74 Å². The number of amides is 2. The van der Waals surface area contributed by atoms with E-state index in [1.165, 1.54) is 6.42 Å². The average molecular weight is 283 g/mol. The van der Waals surface area contributed by atoms with Crippen molar-refractivity contribution in [3.8, 4) is 0 Å². The van der Waals surface area contributed by atoms with Crippen LogP contribution in [0.1, 0.15) is 19.3 Å². The number of carbonyl (C=O) groups is 1. The van der Waals surface area contributed by atoms with Gasteiger partial charge in [-0.1, -0.05) is 23.7 Å². The summed E-state index contributed by atoms with van der Waals surface area (Å²) in [6, 6.07) is 6.97. The summed E-state index contributed by atoms with van der Waals surface area (Å²) in [6.07, 6.45) is 3.26. The number of urea groups is 1. The molecule has 1 saturated heterocycles. The van der Waals surface area contributed by atoms with Crippen molar-refractivity contribution in [1.29, 1.82) is 0 Å². The summed E-state index contributed by atoms with van der Waals surface area (Å²) in [4.78, 5) is 11.7. The first-order valence-electron chi connectivity index (χ1n) is 6.63. The molecule has 0 spiro atoms. The van der Waals surface area contributed by atoms with E-state index in [0.717, 1.165) is 26.1 Å². The van der Waals surface area contributed by atoms with Crippen LogP contribution < -0.4 is 10.6 Å². The van der Waals surface area contributed by atoms with Crippen LogP contribution in [0.15, 0.2) is 24.3 Å². The summed E-state index contributed by atoms with van der Waals surface area (Å²) >= 11 is 5.97. The summed E-state index contributed by atoms with van der Waals surface area (Å²) in [5, 5.41) is 6.12. The third-order valence-corrected chi connectivity index (χ3v) is 3.54. The first-order chi connectivity index (χ1) is 9.25. The highest BCUT2D eigenvalue weighted by Gasteiger charge is 2.13. The maximum absolute atomic E-state index is 11.7. The first-order valence-corrected chi connectivity index (χ1v) is 7.00. The molecule has 0 aromatic heterocycles. The van der Waals surface area contributed by atoms with E-state index < -0.39 is 0 Å². The van der Waals surface area contributed by atoms with E-state index in [2.05, 4.69) is 10.6 Å². The number of nitrogens with one attached hydrogen (secondary N) is 2. The highest BCUT2D eigenvalue weighted by Crippen LogP contribution is 2.20. The van der Waals surface area contributed by atoms with Crippen molar-refractivity contribution in [2.45, 2.75) is 19.3 Å². The number of hydrogen-bond acceptors (Lipinski definition) is 2. The smallest absolute Gasteiger partial charge is 0.319 e. The Labute approximate surface area is 118 Å². The molecule has 1 fully saturated rings. The van der Waals surface area contributed by atoms with E-state index in [9.17, 15) is 4.79 Å². The Balaban J connectivity index is 1.68. The zero-order valence-corrected chi connectivity index (χ0v) is 11.6. The number of benzene rings is 1. The number of hydrogen-bond donors (Lipinski definition) is 2. The minimum atomic E-state index is -0.218. The standard InChI is InChI=1S/C14H19ClN2O2/c15-12-5-1-2-6-13(12)17-14(18)16-8-7-11-4-3-9-19-10-11/h1-2,5-6,11H,3-4,7-10H2,(H2,16,17,18)/t11-/m1/s1. The highest BCUT2D eigenvalue weighted by molar-refractivity contribution is 6.33. The SMILES string of the molecule is O=C(NCC[C@H]1CCCOC1)Nc1ccccc1Cl. The fourth-order valence-corrected chi connectivity index (χ4v) is 2.34. The average Bonchev–Trinajstić information content (AvgIpc) is 2.43. The van der Waals surface area contributed by atoms with Crippen molar-refractivity contribution in [1.82, 2.24) is 5.32 Å². The molecular formula is C14H19ClN2O2. The fraction of sp³-hybridized carbons (Fsp3) is 0.500. The number of carbonyl (C=O) groups excluding carboxylic acids is 1. The Morgan fingerprint density at radius 3 is 3.00 bits per heavy atom. The first kappa shape index (κ1) is 14.2. The summed E-state index contributed by atoms with van der Waals surface area (Å²) in [6.45, 7) is 2.34. The van der Waals surface area contributed by atoms with Gasteiger partial charge < -0.3 is 15.4 Å². The number of ether oxygens (including phenoxy) is 1. The normalized spacial score (nSPS) is 18.9. The van der Waals surface area contributed by atoms with Crippen molar-refractivity contribution < 1.29 is 9.53 Å². The Hall–Kier alpha value is -1.26. The topological polar surface area (TPSA) is 50.4 Å². The van der Waals surface area contributed by atoms with E-state index >= 15 is 0 Å². The van der Waals surface area contributed by atoms with Crippen LogP contribution in [0.4, 0.5) is 10.5 Å². The van der Waals surface area contributed by atoms with Crippen LogP contribution in [0.2, 0.25) is 5.02 Å². The summed E-state index contributed by atoms with van der Waals surface area (Å²) in [5.41, 5.74) is 0.627. The lowest BCUT2D eigenvalue weighted by Gasteiger charge is -2.21. The molecule has 5 heteroatoms. The van der Waals surface area contributed by atoms with Crippen molar-refractivity contribution in [2.75, 3.05) is 25.1 Å². The number of para-hydroxylation sites is 1. The molecule has 1 aliphatic rings. The third kappa shape index (κ3) is 4.73. The molecule has 1 aliphatic heterocycles. The van der Waals surface area contributed by atoms with Gasteiger partial charge in [0, 0.05) is 19.8 Å².